The van der Waals surface area contributed by atoms with Gasteiger partial charge in [-0.15, -0.1) is 0 Å². The second-order valence-electron chi connectivity index (χ2n) is 6.94. The lowest BCUT2D eigenvalue weighted by atomic mass is 10.00. The van der Waals surface area contributed by atoms with Gasteiger partial charge in [0.05, 0.1) is 20.6 Å². The molecule has 130 valence electrons. The van der Waals surface area contributed by atoms with Gasteiger partial charge in [-0.2, -0.15) is 0 Å². The molecule has 0 amide bonds. The van der Waals surface area contributed by atoms with E-state index in [9.17, 15) is 14.4 Å². The van der Waals surface area contributed by atoms with Crippen molar-refractivity contribution < 1.29 is 14.4 Å². The number of rotatable bonds is 4. The van der Waals surface area contributed by atoms with E-state index in [4.69, 9.17) is 0 Å². The van der Waals surface area contributed by atoms with Crippen molar-refractivity contribution in [1.82, 2.24) is 0 Å². The van der Waals surface area contributed by atoms with Crippen LogP contribution in [-0.4, -0.2) is 14.4 Å². The van der Waals surface area contributed by atoms with E-state index in [1.165, 1.54) is 0 Å². The molecular formula is C20H26O3S. The summed E-state index contributed by atoms with van der Waals surface area (Å²) >= 11 is 0. The van der Waals surface area contributed by atoms with Gasteiger partial charge < -0.3 is 10.2 Å². The zero-order chi connectivity index (χ0) is 18.2. The third kappa shape index (κ3) is 3.48. The van der Waals surface area contributed by atoms with Gasteiger partial charge >= 0.3 is 0 Å². The van der Waals surface area contributed by atoms with Gasteiger partial charge in [0.25, 0.3) is 0 Å². The fourth-order valence-electron chi connectivity index (χ4n) is 3.03. The third-order valence-electron chi connectivity index (χ3n) is 4.19. The van der Waals surface area contributed by atoms with Gasteiger partial charge in [0.1, 0.15) is 11.5 Å². The molecule has 0 unspecified atom stereocenters. The van der Waals surface area contributed by atoms with Crippen molar-refractivity contribution in [2.24, 2.45) is 0 Å². The molecule has 2 aromatic carbocycles. The summed E-state index contributed by atoms with van der Waals surface area (Å²) in [6.45, 7) is 11.9. The Morgan fingerprint density at radius 2 is 1.08 bits per heavy atom. The number of hydrogen-bond donors (Lipinski definition) is 2. The first kappa shape index (κ1) is 18.5. The molecular weight excluding hydrogens is 320 g/mol. The number of aromatic hydroxyl groups is 2. The average molecular weight is 346 g/mol. The van der Waals surface area contributed by atoms with Gasteiger partial charge in [0.15, 0.2) is 0 Å². The summed E-state index contributed by atoms with van der Waals surface area (Å²) in [7, 11) is -1.37. The largest absolute Gasteiger partial charge is 0.508 e. The molecule has 0 aliphatic heterocycles. The van der Waals surface area contributed by atoms with Crippen LogP contribution in [0, 0.1) is 13.8 Å². The Bertz CT molecular complexity index is 726. The van der Waals surface area contributed by atoms with Gasteiger partial charge in [0, 0.05) is 0 Å². The summed E-state index contributed by atoms with van der Waals surface area (Å²) in [6, 6.07) is 6.72. The Balaban J connectivity index is 2.76. The van der Waals surface area contributed by atoms with E-state index in [1.54, 1.807) is 24.3 Å². The van der Waals surface area contributed by atoms with E-state index < -0.39 is 10.8 Å². The highest BCUT2D eigenvalue weighted by molar-refractivity contribution is 7.85. The Kier molecular flexibility index (Phi) is 5.38. The van der Waals surface area contributed by atoms with Gasteiger partial charge in [-0.1, -0.05) is 27.7 Å². The van der Waals surface area contributed by atoms with Crippen molar-refractivity contribution in [2.75, 3.05) is 0 Å². The topological polar surface area (TPSA) is 57.5 Å². The molecule has 0 aromatic heterocycles. The molecule has 4 heteroatoms. The lowest BCUT2D eigenvalue weighted by Crippen LogP contribution is -2.08. The molecule has 0 aliphatic rings. The zero-order valence-corrected chi connectivity index (χ0v) is 16.0. The molecule has 0 aliphatic carbocycles. The SMILES string of the molecule is Cc1cc(O)cc(C(C)C)c1S(=O)c1c(C)cc(O)cc1C(C)C. The van der Waals surface area contributed by atoms with Crippen molar-refractivity contribution in [3.63, 3.8) is 0 Å². The summed E-state index contributed by atoms with van der Waals surface area (Å²) in [4.78, 5) is 1.52. The van der Waals surface area contributed by atoms with E-state index in [2.05, 4.69) is 0 Å². The smallest absolute Gasteiger partial charge is 0.116 e. The van der Waals surface area contributed by atoms with Crippen molar-refractivity contribution in [3.8, 4) is 11.5 Å². The summed E-state index contributed by atoms with van der Waals surface area (Å²) in [6.07, 6.45) is 0. The van der Waals surface area contributed by atoms with Crippen LogP contribution in [0.2, 0.25) is 0 Å². The monoisotopic (exact) mass is 346 g/mol. The van der Waals surface area contributed by atoms with Crippen molar-refractivity contribution >= 4 is 10.8 Å². The molecule has 0 saturated carbocycles. The van der Waals surface area contributed by atoms with Crippen molar-refractivity contribution in [1.29, 1.82) is 0 Å². The molecule has 2 N–H and O–H groups in total. The Morgan fingerprint density at radius 1 is 0.750 bits per heavy atom. The molecule has 3 nitrogen and oxygen atoms in total. The Morgan fingerprint density at radius 3 is 1.38 bits per heavy atom. The number of hydrogen-bond acceptors (Lipinski definition) is 3. The van der Waals surface area contributed by atoms with Crippen LogP contribution in [0.5, 0.6) is 11.5 Å². The van der Waals surface area contributed by atoms with E-state index in [0.29, 0.717) is 0 Å². The van der Waals surface area contributed by atoms with Crippen molar-refractivity contribution in [2.45, 2.75) is 63.2 Å². The highest BCUT2D eigenvalue weighted by Crippen LogP contribution is 2.37. The van der Waals surface area contributed by atoms with E-state index >= 15 is 0 Å². The molecule has 2 aromatic rings. The molecule has 0 fully saturated rings. The first-order chi connectivity index (χ1) is 11.1. The van der Waals surface area contributed by atoms with Gasteiger partial charge in [-0.3, -0.25) is 0 Å². The highest BCUT2D eigenvalue weighted by Gasteiger charge is 2.23. The average Bonchev–Trinajstić information content (AvgIpc) is 2.44. The number of benzene rings is 2. The predicted molar refractivity (Wildman–Crippen MR) is 98.5 cm³/mol. The van der Waals surface area contributed by atoms with E-state index in [1.807, 2.05) is 41.5 Å². The third-order valence-corrected chi connectivity index (χ3v) is 6.05. The van der Waals surface area contributed by atoms with Crippen LogP contribution in [0.1, 0.15) is 61.8 Å². The maximum Gasteiger partial charge on any atom is 0.116 e. The quantitative estimate of drug-likeness (QED) is 0.807. The van der Waals surface area contributed by atoms with E-state index in [0.717, 1.165) is 32.0 Å². The summed E-state index contributed by atoms with van der Waals surface area (Å²) in [5.41, 5.74) is 3.43. The first-order valence-corrected chi connectivity index (χ1v) is 9.37. The molecule has 0 radical (unpaired) electrons. The number of phenols is 2. The van der Waals surface area contributed by atoms with Crippen molar-refractivity contribution in [3.05, 3.63) is 46.5 Å². The maximum absolute atomic E-state index is 13.5. The second-order valence-corrected chi connectivity index (χ2v) is 8.29. The molecule has 0 atom stereocenters. The van der Waals surface area contributed by atoms with Gasteiger partial charge in [0.2, 0.25) is 0 Å². The Hall–Kier alpha value is -1.81. The minimum atomic E-state index is -1.37. The second kappa shape index (κ2) is 6.98. The standard InChI is InChI=1S/C20H26O3S/c1-11(2)17-9-15(21)7-13(5)19(17)24(23)20-14(6)8-16(22)10-18(20)12(3)4/h7-12,21-22H,1-6H3. The van der Waals surface area contributed by atoms with Crippen LogP contribution < -0.4 is 0 Å². The van der Waals surface area contributed by atoms with Crippen LogP contribution >= 0.6 is 0 Å². The fraction of sp³-hybridized carbons (Fsp3) is 0.400. The lowest BCUT2D eigenvalue weighted by Gasteiger charge is -2.20. The first-order valence-electron chi connectivity index (χ1n) is 8.22. The maximum atomic E-state index is 13.5. The number of aryl methyl sites for hydroxylation is 2. The summed E-state index contributed by atoms with van der Waals surface area (Å²) < 4.78 is 13.5. The lowest BCUT2D eigenvalue weighted by molar-refractivity contribution is 0.472. The fourth-order valence-corrected chi connectivity index (χ4v) is 4.95. The van der Waals surface area contributed by atoms with Gasteiger partial charge in [-0.25, -0.2) is 4.21 Å². The van der Waals surface area contributed by atoms with Crippen LogP contribution in [-0.2, 0) is 10.8 Å². The predicted octanol–water partition coefficient (Wildman–Crippen LogP) is 5.13. The molecule has 0 spiro atoms. The Labute approximate surface area is 146 Å². The van der Waals surface area contributed by atoms with Crippen LogP contribution in [0.25, 0.3) is 0 Å². The summed E-state index contributed by atoms with van der Waals surface area (Å²) in [5, 5.41) is 19.8. The minimum Gasteiger partial charge on any atom is -0.508 e. The molecule has 0 bridgehead atoms. The van der Waals surface area contributed by atoms with Crippen LogP contribution in [0.3, 0.4) is 0 Å². The molecule has 24 heavy (non-hydrogen) atoms. The van der Waals surface area contributed by atoms with Gasteiger partial charge in [-0.05, 0) is 72.2 Å². The van der Waals surface area contributed by atoms with E-state index in [-0.39, 0.29) is 23.3 Å². The highest BCUT2D eigenvalue weighted by atomic mass is 32.2. The zero-order valence-electron chi connectivity index (χ0n) is 15.2. The summed E-state index contributed by atoms with van der Waals surface area (Å²) in [5.74, 6) is 0.691. The molecule has 0 saturated heterocycles. The van der Waals surface area contributed by atoms with Crippen LogP contribution in [0.15, 0.2) is 34.1 Å². The molecule has 2 rings (SSSR count). The normalized spacial score (nSPS) is 11.7. The number of phenolic OH excluding ortho intramolecular Hbond substituents is 2. The van der Waals surface area contributed by atoms with Crippen LogP contribution in [0.4, 0.5) is 0 Å². The molecule has 0 heterocycles. The minimum absolute atomic E-state index is 0.148.